The molecule has 0 amide bonds. The Balaban J connectivity index is 2.24. The summed E-state index contributed by atoms with van der Waals surface area (Å²) in [4.78, 5) is 0. The zero-order valence-corrected chi connectivity index (χ0v) is 11.6. The van der Waals surface area contributed by atoms with Gasteiger partial charge in [0, 0.05) is 25.0 Å². The number of nitrogens with one attached hydrogen (secondary N) is 1. The van der Waals surface area contributed by atoms with Crippen LogP contribution in [0.2, 0.25) is 0 Å². The first-order valence-electron chi connectivity index (χ1n) is 6.78. The van der Waals surface area contributed by atoms with Crippen molar-refractivity contribution in [2.75, 3.05) is 13.2 Å². The maximum absolute atomic E-state index is 5.58. The molecule has 0 radical (unpaired) electrons. The van der Waals surface area contributed by atoms with E-state index in [2.05, 4.69) is 29.6 Å². The number of hydrazine groups is 1. The summed E-state index contributed by atoms with van der Waals surface area (Å²) in [5.41, 5.74) is 5.05. The van der Waals surface area contributed by atoms with Gasteiger partial charge in [-0.2, -0.15) is 5.10 Å². The Labute approximate surface area is 113 Å². The van der Waals surface area contributed by atoms with E-state index >= 15 is 0 Å². The maximum atomic E-state index is 5.58. The fourth-order valence-electron chi connectivity index (χ4n) is 2.25. The fourth-order valence-corrected chi connectivity index (χ4v) is 2.25. The number of aryl methyl sites for hydroxylation is 1. The van der Waals surface area contributed by atoms with Gasteiger partial charge in [-0.1, -0.05) is 18.2 Å². The summed E-state index contributed by atoms with van der Waals surface area (Å²) < 4.78 is 7.45. The van der Waals surface area contributed by atoms with Crippen LogP contribution in [0.15, 0.2) is 24.3 Å². The van der Waals surface area contributed by atoms with Gasteiger partial charge in [-0.3, -0.25) is 16.0 Å². The van der Waals surface area contributed by atoms with Crippen LogP contribution in [-0.4, -0.2) is 29.0 Å². The largest absolute Gasteiger partial charge is 0.380 e. The van der Waals surface area contributed by atoms with Crippen molar-refractivity contribution in [3.63, 3.8) is 0 Å². The highest BCUT2D eigenvalue weighted by atomic mass is 16.5. The van der Waals surface area contributed by atoms with Gasteiger partial charge in [0.05, 0.1) is 23.9 Å². The Bertz CT molecular complexity index is 523. The van der Waals surface area contributed by atoms with Crippen LogP contribution in [0.5, 0.6) is 0 Å². The van der Waals surface area contributed by atoms with Gasteiger partial charge < -0.3 is 4.74 Å². The van der Waals surface area contributed by atoms with Gasteiger partial charge >= 0.3 is 0 Å². The number of fused-ring (bicyclic) bond motifs is 1. The third kappa shape index (κ3) is 3.12. The first-order chi connectivity index (χ1) is 9.30. The third-order valence-electron chi connectivity index (χ3n) is 3.23. The average Bonchev–Trinajstić information content (AvgIpc) is 2.81. The lowest BCUT2D eigenvalue weighted by atomic mass is 10.1. The molecule has 1 atom stereocenters. The Kier molecular flexibility index (Phi) is 4.90. The number of nitrogens with two attached hydrogens (primary N) is 1. The second-order valence-electron chi connectivity index (χ2n) is 4.51. The summed E-state index contributed by atoms with van der Waals surface area (Å²) in [6, 6.07) is 8.38. The highest BCUT2D eigenvalue weighted by molar-refractivity contribution is 5.82. The molecule has 0 spiro atoms. The molecule has 104 valence electrons. The topological polar surface area (TPSA) is 65.1 Å². The van der Waals surface area contributed by atoms with Gasteiger partial charge in [-0.15, -0.1) is 0 Å². The van der Waals surface area contributed by atoms with Crippen molar-refractivity contribution < 1.29 is 4.74 Å². The van der Waals surface area contributed by atoms with Crippen LogP contribution < -0.4 is 11.3 Å². The normalized spacial score (nSPS) is 13.0. The van der Waals surface area contributed by atoms with Gasteiger partial charge in [-0.05, 0) is 19.9 Å². The van der Waals surface area contributed by atoms with E-state index in [1.807, 2.05) is 23.7 Å². The Morgan fingerprint density at radius 3 is 2.84 bits per heavy atom. The van der Waals surface area contributed by atoms with E-state index in [9.17, 15) is 0 Å². The predicted molar refractivity (Wildman–Crippen MR) is 76.7 cm³/mol. The molecule has 0 fully saturated rings. The lowest BCUT2D eigenvalue weighted by Gasteiger charge is -2.14. The molecule has 5 heteroatoms. The van der Waals surface area contributed by atoms with Gasteiger partial charge in [0.1, 0.15) is 0 Å². The molecule has 2 aromatic rings. The van der Waals surface area contributed by atoms with Crippen LogP contribution >= 0.6 is 0 Å². The summed E-state index contributed by atoms with van der Waals surface area (Å²) in [7, 11) is 0. The molecule has 3 N–H and O–H groups in total. The second kappa shape index (κ2) is 6.65. The highest BCUT2D eigenvalue weighted by Crippen LogP contribution is 2.19. The van der Waals surface area contributed by atoms with E-state index in [0.717, 1.165) is 18.7 Å². The van der Waals surface area contributed by atoms with Crippen molar-refractivity contribution in [3.8, 4) is 0 Å². The number of rotatable bonds is 7. The smallest absolute Gasteiger partial charge is 0.0720 e. The molecule has 1 aromatic heterocycles. The Morgan fingerprint density at radius 2 is 2.16 bits per heavy atom. The third-order valence-corrected chi connectivity index (χ3v) is 3.23. The molecule has 0 aliphatic rings. The number of para-hydroxylation sites is 1. The van der Waals surface area contributed by atoms with Gasteiger partial charge in [0.2, 0.25) is 0 Å². The minimum absolute atomic E-state index is 0.0866. The van der Waals surface area contributed by atoms with E-state index in [1.54, 1.807) is 0 Å². The first kappa shape index (κ1) is 14.0. The SMILES string of the molecule is CCOCC(Cc1nn(CC)c2ccccc12)NN. The van der Waals surface area contributed by atoms with Gasteiger partial charge in [0.15, 0.2) is 0 Å². The van der Waals surface area contributed by atoms with Crippen LogP contribution in [0.3, 0.4) is 0 Å². The van der Waals surface area contributed by atoms with Crippen LogP contribution in [-0.2, 0) is 17.7 Å². The summed E-state index contributed by atoms with van der Waals surface area (Å²) in [6.45, 7) is 6.24. The molecule has 0 aliphatic carbocycles. The molecule has 1 aromatic carbocycles. The number of hydrogen-bond donors (Lipinski definition) is 2. The monoisotopic (exact) mass is 262 g/mol. The maximum Gasteiger partial charge on any atom is 0.0720 e. The highest BCUT2D eigenvalue weighted by Gasteiger charge is 2.14. The number of benzene rings is 1. The molecule has 0 bridgehead atoms. The lowest BCUT2D eigenvalue weighted by Crippen LogP contribution is -2.40. The van der Waals surface area contributed by atoms with Crippen molar-refractivity contribution in [2.45, 2.75) is 32.9 Å². The molecule has 2 rings (SSSR count). The molecular formula is C14H22N4O. The fraction of sp³-hybridized carbons (Fsp3) is 0.500. The summed E-state index contributed by atoms with van der Waals surface area (Å²) >= 11 is 0. The van der Waals surface area contributed by atoms with E-state index in [0.29, 0.717) is 13.2 Å². The lowest BCUT2D eigenvalue weighted by molar-refractivity contribution is 0.122. The van der Waals surface area contributed by atoms with Crippen molar-refractivity contribution >= 4 is 10.9 Å². The van der Waals surface area contributed by atoms with Crippen molar-refractivity contribution in [2.24, 2.45) is 5.84 Å². The van der Waals surface area contributed by atoms with Crippen molar-refractivity contribution in [3.05, 3.63) is 30.0 Å². The average molecular weight is 262 g/mol. The predicted octanol–water partition coefficient (Wildman–Crippen LogP) is 1.47. The molecule has 19 heavy (non-hydrogen) atoms. The van der Waals surface area contributed by atoms with E-state index in [4.69, 9.17) is 10.6 Å². The number of hydrogen-bond acceptors (Lipinski definition) is 4. The van der Waals surface area contributed by atoms with Crippen LogP contribution in [0.4, 0.5) is 0 Å². The summed E-state index contributed by atoms with van der Waals surface area (Å²) in [5.74, 6) is 5.58. The van der Waals surface area contributed by atoms with E-state index < -0.39 is 0 Å². The van der Waals surface area contributed by atoms with Gasteiger partial charge in [-0.25, -0.2) is 0 Å². The zero-order chi connectivity index (χ0) is 13.7. The molecule has 1 unspecified atom stereocenters. The van der Waals surface area contributed by atoms with Crippen molar-refractivity contribution in [1.82, 2.24) is 15.2 Å². The molecule has 1 heterocycles. The summed E-state index contributed by atoms with van der Waals surface area (Å²) in [5, 5.41) is 5.86. The number of nitrogens with zero attached hydrogens (tertiary/aromatic N) is 2. The molecule has 0 saturated heterocycles. The molecule has 0 aliphatic heterocycles. The Hall–Kier alpha value is -1.43. The molecule has 0 saturated carbocycles. The Morgan fingerprint density at radius 1 is 1.37 bits per heavy atom. The minimum Gasteiger partial charge on any atom is -0.380 e. The van der Waals surface area contributed by atoms with E-state index in [-0.39, 0.29) is 6.04 Å². The van der Waals surface area contributed by atoms with Crippen LogP contribution in [0, 0.1) is 0 Å². The van der Waals surface area contributed by atoms with Gasteiger partial charge in [0.25, 0.3) is 0 Å². The van der Waals surface area contributed by atoms with Crippen LogP contribution in [0.1, 0.15) is 19.5 Å². The standard InChI is InChI=1S/C14H22N4O/c1-3-18-14-8-6-5-7-12(14)13(17-18)9-11(16-15)10-19-4-2/h5-8,11,16H,3-4,9-10,15H2,1-2H3. The first-order valence-corrected chi connectivity index (χ1v) is 6.78. The van der Waals surface area contributed by atoms with Crippen molar-refractivity contribution in [1.29, 1.82) is 0 Å². The van der Waals surface area contributed by atoms with Crippen LogP contribution in [0.25, 0.3) is 10.9 Å². The minimum atomic E-state index is 0.0866. The molecule has 5 nitrogen and oxygen atoms in total. The summed E-state index contributed by atoms with van der Waals surface area (Å²) in [6.07, 6.45) is 0.768. The zero-order valence-electron chi connectivity index (χ0n) is 11.6. The quantitative estimate of drug-likeness (QED) is 0.586. The number of ether oxygens (including phenoxy) is 1. The second-order valence-corrected chi connectivity index (χ2v) is 4.51. The van der Waals surface area contributed by atoms with E-state index in [1.165, 1.54) is 10.9 Å². The number of aromatic nitrogens is 2. The molecular weight excluding hydrogens is 240 g/mol.